The molecule has 4 heteroatoms. The summed E-state index contributed by atoms with van der Waals surface area (Å²) in [5, 5.41) is 4.82. The van der Waals surface area contributed by atoms with Crippen LogP contribution < -0.4 is 5.32 Å². The average molecular weight is 373 g/mol. The zero-order valence-corrected chi connectivity index (χ0v) is 14.7. The third-order valence-corrected chi connectivity index (χ3v) is 5.06. The summed E-state index contributed by atoms with van der Waals surface area (Å²) in [6, 6.07) is 9.95. The van der Waals surface area contributed by atoms with Crippen molar-refractivity contribution in [1.82, 2.24) is 0 Å². The molecule has 0 radical (unpaired) electrons. The second-order valence-electron chi connectivity index (χ2n) is 4.96. The monoisotopic (exact) mass is 371 g/mol. The Morgan fingerprint density at radius 3 is 2.20 bits per heavy atom. The van der Waals surface area contributed by atoms with E-state index < -0.39 is 0 Å². The number of hydrogen-bond donors (Lipinski definition) is 1. The minimum absolute atomic E-state index is 0.111. The van der Waals surface area contributed by atoms with Crippen LogP contribution in [0.5, 0.6) is 0 Å². The van der Waals surface area contributed by atoms with Crippen molar-refractivity contribution < 1.29 is 0 Å². The molecular weight excluding hydrogens is 357 g/mol. The number of rotatable bonds is 3. The highest BCUT2D eigenvalue weighted by Crippen LogP contribution is 2.30. The van der Waals surface area contributed by atoms with Crippen LogP contribution in [-0.2, 0) is 0 Å². The predicted octanol–water partition coefficient (Wildman–Crippen LogP) is 6.55. The lowest BCUT2D eigenvalue weighted by molar-refractivity contribution is 0.884. The van der Waals surface area contributed by atoms with E-state index in [9.17, 15) is 0 Å². The Kier molecular flexibility index (Phi) is 5.00. The van der Waals surface area contributed by atoms with Crippen LogP contribution in [0.1, 0.15) is 29.7 Å². The molecule has 0 aliphatic rings. The number of nitrogens with one attached hydrogen (secondary N) is 1. The first kappa shape index (κ1) is 15.7. The van der Waals surface area contributed by atoms with Gasteiger partial charge in [-0.25, -0.2) is 0 Å². The fourth-order valence-corrected chi connectivity index (χ4v) is 3.01. The van der Waals surface area contributed by atoms with E-state index >= 15 is 0 Å². The molecule has 0 spiro atoms. The van der Waals surface area contributed by atoms with Crippen molar-refractivity contribution in [3.8, 4) is 0 Å². The predicted molar refractivity (Wildman–Crippen MR) is 92.1 cm³/mol. The van der Waals surface area contributed by atoms with Crippen LogP contribution in [0.3, 0.4) is 0 Å². The number of hydrogen-bond acceptors (Lipinski definition) is 1. The highest BCUT2D eigenvalue weighted by atomic mass is 79.9. The lowest BCUT2D eigenvalue weighted by atomic mass is 10.1. The first-order valence-electron chi connectivity index (χ1n) is 6.36. The van der Waals surface area contributed by atoms with Crippen LogP contribution in [0.4, 0.5) is 5.69 Å². The van der Waals surface area contributed by atoms with Gasteiger partial charge < -0.3 is 5.32 Å². The molecule has 2 aromatic rings. The van der Waals surface area contributed by atoms with Crippen LogP contribution in [0.2, 0.25) is 10.0 Å². The largest absolute Gasteiger partial charge is 0.378 e. The quantitative estimate of drug-likeness (QED) is 0.644. The Labute approximate surface area is 138 Å². The van der Waals surface area contributed by atoms with Crippen molar-refractivity contribution in [1.29, 1.82) is 0 Å². The van der Waals surface area contributed by atoms with Crippen LogP contribution in [-0.4, -0.2) is 0 Å². The van der Waals surface area contributed by atoms with Gasteiger partial charge >= 0.3 is 0 Å². The van der Waals surface area contributed by atoms with E-state index in [1.165, 1.54) is 11.1 Å². The van der Waals surface area contributed by atoms with Gasteiger partial charge in [-0.15, -0.1) is 0 Å². The maximum absolute atomic E-state index is 6.25. The summed E-state index contributed by atoms with van der Waals surface area (Å²) < 4.78 is 1.15. The van der Waals surface area contributed by atoms with Crippen molar-refractivity contribution in [2.75, 3.05) is 5.32 Å². The molecule has 0 aromatic heterocycles. The molecule has 106 valence electrons. The average Bonchev–Trinajstić information content (AvgIpc) is 2.35. The van der Waals surface area contributed by atoms with Gasteiger partial charge in [0.2, 0.25) is 0 Å². The molecule has 0 heterocycles. The molecule has 2 aromatic carbocycles. The first-order valence-corrected chi connectivity index (χ1v) is 7.91. The molecule has 1 nitrogen and oxygen atoms in total. The van der Waals surface area contributed by atoms with E-state index in [0.717, 1.165) is 15.7 Å². The first-order chi connectivity index (χ1) is 9.38. The highest BCUT2D eigenvalue weighted by Gasteiger charge is 2.11. The molecule has 0 saturated heterocycles. The Morgan fingerprint density at radius 1 is 1.05 bits per heavy atom. The zero-order valence-electron chi connectivity index (χ0n) is 11.6. The molecule has 1 unspecified atom stereocenters. The summed E-state index contributed by atoms with van der Waals surface area (Å²) in [6.45, 7) is 6.26. The second kappa shape index (κ2) is 6.38. The van der Waals surface area contributed by atoms with E-state index in [2.05, 4.69) is 54.2 Å². The lowest BCUT2D eigenvalue weighted by Crippen LogP contribution is -2.07. The van der Waals surface area contributed by atoms with Crippen molar-refractivity contribution >= 4 is 44.8 Å². The summed E-state index contributed by atoms with van der Waals surface area (Å²) >= 11 is 15.8. The molecule has 0 bridgehead atoms. The Balaban J connectivity index is 2.25. The molecule has 0 amide bonds. The lowest BCUT2D eigenvalue weighted by Gasteiger charge is -2.18. The van der Waals surface area contributed by atoms with Crippen molar-refractivity contribution in [3.05, 3.63) is 61.5 Å². The van der Waals surface area contributed by atoms with Crippen LogP contribution in [0.15, 0.2) is 34.8 Å². The number of anilines is 1. The molecule has 0 fully saturated rings. The van der Waals surface area contributed by atoms with E-state index in [-0.39, 0.29) is 6.04 Å². The summed E-state index contributed by atoms with van der Waals surface area (Å²) in [5.74, 6) is 0. The maximum atomic E-state index is 6.25. The minimum Gasteiger partial charge on any atom is -0.378 e. The summed E-state index contributed by atoms with van der Waals surface area (Å²) in [5.41, 5.74) is 4.54. The Bertz CT molecular complexity index is 617. The molecule has 0 aliphatic carbocycles. The van der Waals surface area contributed by atoms with Crippen LogP contribution in [0.25, 0.3) is 0 Å². The van der Waals surface area contributed by atoms with Crippen LogP contribution in [0, 0.1) is 13.8 Å². The maximum Gasteiger partial charge on any atom is 0.0500 e. The normalized spacial score (nSPS) is 12.3. The van der Waals surface area contributed by atoms with Gasteiger partial charge in [0.15, 0.2) is 0 Å². The van der Waals surface area contributed by atoms with Gasteiger partial charge in [0.25, 0.3) is 0 Å². The third kappa shape index (κ3) is 3.49. The standard InChI is InChI=1S/C16H16BrCl2N/c1-9-6-13(7-10(2)16(9)17)20-11(3)14-5-4-12(18)8-15(14)19/h4-8,11,20H,1-3H3. The SMILES string of the molecule is Cc1cc(NC(C)c2ccc(Cl)cc2Cl)cc(C)c1Br. The third-order valence-electron chi connectivity index (χ3n) is 3.25. The van der Waals surface area contributed by atoms with E-state index in [1.54, 1.807) is 6.07 Å². The van der Waals surface area contributed by atoms with E-state index in [0.29, 0.717) is 10.0 Å². The number of aryl methyl sites for hydroxylation is 2. The smallest absolute Gasteiger partial charge is 0.0500 e. The fraction of sp³-hybridized carbons (Fsp3) is 0.250. The topological polar surface area (TPSA) is 12.0 Å². The summed E-state index contributed by atoms with van der Waals surface area (Å²) in [6.07, 6.45) is 0. The van der Waals surface area contributed by atoms with Crippen molar-refractivity contribution in [2.45, 2.75) is 26.8 Å². The van der Waals surface area contributed by atoms with Crippen molar-refractivity contribution in [2.24, 2.45) is 0 Å². The molecule has 2 rings (SSSR count). The number of halogens is 3. The zero-order chi connectivity index (χ0) is 14.9. The van der Waals surface area contributed by atoms with Gasteiger partial charge in [-0.2, -0.15) is 0 Å². The van der Waals surface area contributed by atoms with Gasteiger partial charge in [0.1, 0.15) is 0 Å². The van der Waals surface area contributed by atoms with Crippen molar-refractivity contribution in [3.63, 3.8) is 0 Å². The molecule has 0 aliphatic heterocycles. The van der Waals surface area contributed by atoms with Gasteiger partial charge in [-0.3, -0.25) is 0 Å². The van der Waals surface area contributed by atoms with E-state index in [1.807, 2.05) is 12.1 Å². The van der Waals surface area contributed by atoms with Gasteiger partial charge in [-0.1, -0.05) is 45.2 Å². The molecular formula is C16H16BrCl2N. The Hall–Kier alpha value is -0.700. The number of benzene rings is 2. The van der Waals surface area contributed by atoms with Gasteiger partial charge in [-0.05, 0) is 61.7 Å². The molecule has 1 atom stereocenters. The molecule has 0 saturated carbocycles. The molecule has 20 heavy (non-hydrogen) atoms. The van der Waals surface area contributed by atoms with Crippen LogP contribution >= 0.6 is 39.1 Å². The minimum atomic E-state index is 0.111. The highest BCUT2D eigenvalue weighted by molar-refractivity contribution is 9.10. The summed E-state index contributed by atoms with van der Waals surface area (Å²) in [7, 11) is 0. The van der Waals surface area contributed by atoms with Gasteiger partial charge in [0.05, 0.1) is 0 Å². The van der Waals surface area contributed by atoms with E-state index in [4.69, 9.17) is 23.2 Å². The second-order valence-corrected chi connectivity index (χ2v) is 6.59. The molecule has 1 N–H and O–H groups in total. The van der Waals surface area contributed by atoms with Gasteiger partial charge in [0, 0.05) is 26.2 Å². The fourth-order valence-electron chi connectivity index (χ4n) is 2.21. The summed E-state index contributed by atoms with van der Waals surface area (Å²) in [4.78, 5) is 0. The Morgan fingerprint density at radius 2 is 1.65 bits per heavy atom.